The molecule has 1 aromatic heterocycles. The molecule has 24 heavy (non-hydrogen) atoms. The minimum absolute atomic E-state index is 0.0730. The molecule has 1 aliphatic heterocycles. The van der Waals surface area contributed by atoms with E-state index < -0.39 is 12.1 Å². The van der Waals surface area contributed by atoms with Crippen molar-refractivity contribution in [3.05, 3.63) is 41.6 Å². The number of hydrogen-bond donors (Lipinski definition) is 1. The van der Waals surface area contributed by atoms with E-state index in [0.717, 1.165) is 29.4 Å². The zero-order chi connectivity index (χ0) is 16.7. The molecule has 1 atom stereocenters. The van der Waals surface area contributed by atoms with Crippen molar-refractivity contribution in [1.29, 1.82) is 0 Å². The number of pyridine rings is 1. The Kier molecular flexibility index (Phi) is 3.69. The molecule has 6 nitrogen and oxygen atoms in total. The number of carboxylic acid groups (broad SMARTS) is 1. The third-order valence-electron chi connectivity index (χ3n) is 4.59. The number of hydrogen-bond acceptors (Lipinski definition) is 4. The van der Waals surface area contributed by atoms with E-state index in [9.17, 15) is 9.59 Å². The third-order valence-corrected chi connectivity index (χ3v) is 4.59. The van der Waals surface area contributed by atoms with Gasteiger partial charge in [-0.3, -0.25) is 9.78 Å². The minimum atomic E-state index is -1.04. The second kappa shape index (κ2) is 5.87. The number of amides is 1. The zero-order valence-corrected chi connectivity index (χ0v) is 13.1. The molecular weight excluding hydrogens is 308 g/mol. The maximum Gasteiger partial charge on any atom is 0.334 e. The van der Waals surface area contributed by atoms with Crippen LogP contribution in [-0.4, -0.2) is 52.7 Å². The fraction of sp³-hybridized carbons (Fsp3) is 0.389. The molecule has 0 unspecified atom stereocenters. The monoisotopic (exact) mass is 326 g/mol. The number of aromatic nitrogens is 1. The molecule has 0 radical (unpaired) electrons. The Morgan fingerprint density at radius 1 is 1.25 bits per heavy atom. The number of carboxylic acids is 1. The smallest absolute Gasteiger partial charge is 0.334 e. The summed E-state index contributed by atoms with van der Waals surface area (Å²) < 4.78 is 5.21. The number of aliphatic carboxylic acids is 1. The molecule has 1 aliphatic carbocycles. The Bertz CT molecular complexity index is 816. The van der Waals surface area contributed by atoms with Crippen LogP contribution in [0.15, 0.2) is 30.3 Å². The first kappa shape index (κ1) is 15.1. The van der Waals surface area contributed by atoms with Gasteiger partial charge in [0.2, 0.25) is 0 Å². The number of carbonyl (C=O) groups is 2. The molecule has 1 aromatic carbocycles. The minimum Gasteiger partial charge on any atom is -0.479 e. The van der Waals surface area contributed by atoms with Gasteiger partial charge in [0, 0.05) is 23.5 Å². The first-order chi connectivity index (χ1) is 11.6. The van der Waals surface area contributed by atoms with Crippen molar-refractivity contribution in [1.82, 2.24) is 9.88 Å². The van der Waals surface area contributed by atoms with Crippen molar-refractivity contribution in [2.75, 3.05) is 19.7 Å². The number of benzene rings is 1. The number of rotatable bonds is 3. The lowest BCUT2D eigenvalue weighted by atomic mass is 10.0. The van der Waals surface area contributed by atoms with Gasteiger partial charge in [0.25, 0.3) is 5.91 Å². The summed E-state index contributed by atoms with van der Waals surface area (Å²) in [6, 6.07) is 9.48. The molecule has 1 N–H and O–H groups in total. The van der Waals surface area contributed by atoms with Gasteiger partial charge in [-0.05, 0) is 25.0 Å². The van der Waals surface area contributed by atoms with Gasteiger partial charge in [-0.2, -0.15) is 0 Å². The first-order valence-electron chi connectivity index (χ1n) is 8.17. The predicted molar refractivity (Wildman–Crippen MR) is 87.0 cm³/mol. The van der Waals surface area contributed by atoms with E-state index in [1.165, 1.54) is 0 Å². The second-order valence-electron chi connectivity index (χ2n) is 6.33. The summed E-state index contributed by atoms with van der Waals surface area (Å²) in [6.45, 7) is 0.711. The van der Waals surface area contributed by atoms with Gasteiger partial charge in [-0.1, -0.05) is 18.2 Å². The Morgan fingerprint density at radius 2 is 2.04 bits per heavy atom. The van der Waals surface area contributed by atoms with Crippen LogP contribution in [0, 0.1) is 0 Å². The van der Waals surface area contributed by atoms with Crippen LogP contribution < -0.4 is 0 Å². The maximum absolute atomic E-state index is 13.0. The summed E-state index contributed by atoms with van der Waals surface area (Å²) in [5.74, 6) is -0.742. The third kappa shape index (κ3) is 2.73. The predicted octanol–water partition coefficient (Wildman–Crippen LogP) is 2.04. The van der Waals surface area contributed by atoms with E-state index in [-0.39, 0.29) is 19.1 Å². The highest BCUT2D eigenvalue weighted by molar-refractivity contribution is 6.06. The van der Waals surface area contributed by atoms with Crippen molar-refractivity contribution in [2.45, 2.75) is 24.9 Å². The van der Waals surface area contributed by atoms with E-state index in [1.807, 2.05) is 30.3 Å². The molecule has 0 spiro atoms. The van der Waals surface area contributed by atoms with Gasteiger partial charge in [-0.15, -0.1) is 0 Å². The quantitative estimate of drug-likeness (QED) is 0.933. The van der Waals surface area contributed by atoms with Crippen molar-refractivity contribution in [2.24, 2.45) is 0 Å². The van der Waals surface area contributed by atoms with Gasteiger partial charge in [0.05, 0.1) is 24.2 Å². The van der Waals surface area contributed by atoms with Gasteiger partial charge >= 0.3 is 5.97 Å². The molecule has 2 heterocycles. The summed E-state index contributed by atoms with van der Waals surface area (Å²) >= 11 is 0. The molecule has 2 aliphatic rings. The van der Waals surface area contributed by atoms with E-state index in [4.69, 9.17) is 9.84 Å². The van der Waals surface area contributed by atoms with Crippen LogP contribution in [0.2, 0.25) is 0 Å². The summed E-state index contributed by atoms with van der Waals surface area (Å²) in [4.78, 5) is 30.4. The normalized spacial score (nSPS) is 21.0. The van der Waals surface area contributed by atoms with E-state index in [1.54, 1.807) is 4.90 Å². The number of fused-ring (bicyclic) bond motifs is 1. The van der Waals surface area contributed by atoms with Crippen molar-refractivity contribution in [3.63, 3.8) is 0 Å². The number of para-hydroxylation sites is 1. The van der Waals surface area contributed by atoms with Gasteiger partial charge in [-0.25, -0.2) is 4.79 Å². The summed E-state index contributed by atoms with van der Waals surface area (Å²) in [7, 11) is 0. The highest BCUT2D eigenvalue weighted by Crippen LogP contribution is 2.40. The van der Waals surface area contributed by atoms with Gasteiger partial charge < -0.3 is 14.7 Å². The topological polar surface area (TPSA) is 79.7 Å². The summed E-state index contributed by atoms with van der Waals surface area (Å²) in [6.07, 6.45) is 1.26. The Labute approximate surface area is 139 Å². The molecule has 124 valence electrons. The fourth-order valence-corrected chi connectivity index (χ4v) is 3.11. The Balaban J connectivity index is 1.72. The van der Waals surface area contributed by atoms with Gasteiger partial charge in [0.15, 0.2) is 6.10 Å². The first-order valence-corrected chi connectivity index (χ1v) is 8.17. The number of nitrogens with zero attached hydrogens (tertiary/aromatic N) is 2. The Hall–Kier alpha value is -2.47. The van der Waals surface area contributed by atoms with Crippen molar-refractivity contribution in [3.8, 4) is 0 Å². The standard InChI is InChI=1S/C18H18N2O4/c21-17(20-7-8-24-16(10-20)18(22)23)13-9-15(11-5-6-11)19-14-4-2-1-3-12(13)14/h1-4,9,11,16H,5-8,10H2,(H,22,23)/t16-/m1/s1. The Morgan fingerprint density at radius 3 is 2.79 bits per heavy atom. The van der Waals surface area contributed by atoms with E-state index in [0.29, 0.717) is 18.0 Å². The van der Waals surface area contributed by atoms with Crippen LogP contribution in [-0.2, 0) is 9.53 Å². The van der Waals surface area contributed by atoms with Crippen molar-refractivity contribution < 1.29 is 19.4 Å². The molecule has 4 rings (SSSR count). The molecule has 1 saturated heterocycles. The van der Waals surface area contributed by atoms with E-state index in [2.05, 4.69) is 4.98 Å². The molecular formula is C18H18N2O4. The van der Waals surface area contributed by atoms with Crippen LogP contribution in [0.1, 0.15) is 34.8 Å². The van der Waals surface area contributed by atoms with Crippen LogP contribution in [0.25, 0.3) is 10.9 Å². The molecule has 6 heteroatoms. The molecule has 0 bridgehead atoms. The molecule has 1 amide bonds. The van der Waals surface area contributed by atoms with Gasteiger partial charge in [0.1, 0.15) is 0 Å². The lowest BCUT2D eigenvalue weighted by Gasteiger charge is -2.31. The summed E-state index contributed by atoms with van der Waals surface area (Å²) in [5.41, 5.74) is 2.38. The SMILES string of the molecule is O=C(O)[C@H]1CN(C(=O)c2cc(C3CC3)nc3ccccc23)CCO1. The van der Waals surface area contributed by atoms with Crippen molar-refractivity contribution >= 4 is 22.8 Å². The molecule has 2 fully saturated rings. The number of carbonyl (C=O) groups excluding carboxylic acids is 1. The highest BCUT2D eigenvalue weighted by atomic mass is 16.5. The van der Waals surface area contributed by atoms with Crippen LogP contribution in [0.5, 0.6) is 0 Å². The lowest BCUT2D eigenvalue weighted by molar-refractivity contribution is -0.154. The largest absolute Gasteiger partial charge is 0.479 e. The zero-order valence-electron chi connectivity index (χ0n) is 13.1. The molecule has 2 aromatic rings. The average molecular weight is 326 g/mol. The second-order valence-corrected chi connectivity index (χ2v) is 6.33. The number of ether oxygens (including phenoxy) is 1. The lowest BCUT2D eigenvalue weighted by Crippen LogP contribution is -2.48. The van der Waals surface area contributed by atoms with E-state index >= 15 is 0 Å². The summed E-state index contributed by atoms with van der Waals surface area (Å²) in [5, 5.41) is 9.94. The maximum atomic E-state index is 13.0. The molecule has 1 saturated carbocycles. The average Bonchev–Trinajstić information content (AvgIpc) is 3.45. The van der Waals surface area contributed by atoms with Crippen LogP contribution in [0.4, 0.5) is 0 Å². The highest BCUT2D eigenvalue weighted by Gasteiger charge is 2.32. The van der Waals surface area contributed by atoms with Crippen LogP contribution in [0.3, 0.4) is 0 Å². The number of morpholine rings is 1. The fourth-order valence-electron chi connectivity index (χ4n) is 3.11. The van der Waals surface area contributed by atoms with Crippen LogP contribution >= 0.6 is 0 Å².